The Morgan fingerprint density at radius 3 is 2.38 bits per heavy atom. The van der Waals surface area contributed by atoms with Gasteiger partial charge in [-0.2, -0.15) is 5.10 Å². The van der Waals surface area contributed by atoms with E-state index in [-0.39, 0.29) is 11.8 Å². The molecule has 1 aromatic heterocycles. The van der Waals surface area contributed by atoms with Crippen LogP contribution in [0.2, 0.25) is 0 Å². The van der Waals surface area contributed by atoms with E-state index < -0.39 is 0 Å². The van der Waals surface area contributed by atoms with E-state index in [2.05, 4.69) is 32.9 Å². The van der Waals surface area contributed by atoms with Gasteiger partial charge in [-0.05, 0) is 24.7 Å². The van der Waals surface area contributed by atoms with Crippen molar-refractivity contribution in [2.24, 2.45) is 11.8 Å². The van der Waals surface area contributed by atoms with E-state index >= 15 is 0 Å². The number of nitrogens with zero attached hydrogens (tertiary/aromatic N) is 2. The van der Waals surface area contributed by atoms with E-state index in [0.29, 0.717) is 17.8 Å². The minimum Gasteiger partial charge on any atom is -0.272 e. The third-order valence-corrected chi connectivity index (χ3v) is 5.27. The van der Waals surface area contributed by atoms with Gasteiger partial charge < -0.3 is 0 Å². The summed E-state index contributed by atoms with van der Waals surface area (Å²) in [5, 5.41) is 4.83. The molecule has 0 saturated heterocycles. The van der Waals surface area contributed by atoms with Crippen molar-refractivity contribution < 1.29 is 4.79 Å². The van der Waals surface area contributed by atoms with Gasteiger partial charge in [0.05, 0.1) is 11.4 Å². The van der Waals surface area contributed by atoms with Gasteiger partial charge in [-0.1, -0.05) is 65.0 Å². The van der Waals surface area contributed by atoms with E-state index in [4.69, 9.17) is 5.10 Å². The molecule has 0 unspecified atom stereocenters. The Labute approximate surface area is 145 Å². The minimum absolute atomic E-state index is 0.0531. The molecule has 1 heterocycles. The van der Waals surface area contributed by atoms with Crippen molar-refractivity contribution in [3.8, 4) is 11.3 Å². The first kappa shape index (κ1) is 16.9. The number of carbonyl (C=O) groups is 1. The molecule has 0 amide bonds. The Bertz CT molecular complexity index is 728. The first-order chi connectivity index (χ1) is 11.4. The van der Waals surface area contributed by atoms with E-state index in [1.54, 1.807) is 4.68 Å². The second kappa shape index (κ2) is 6.54. The predicted octanol–water partition coefficient (Wildman–Crippen LogP) is 5.48. The third-order valence-electron chi connectivity index (χ3n) is 5.27. The molecule has 1 aromatic carbocycles. The zero-order valence-corrected chi connectivity index (χ0v) is 15.4. The Morgan fingerprint density at radius 1 is 1.12 bits per heavy atom. The van der Waals surface area contributed by atoms with E-state index in [0.717, 1.165) is 24.1 Å². The van der Waals surface area contributed by atoms with Crippen LogP contribution in [0.25, 0.3) is 11.3 Å². The molecule has 1 aliphatic carbocycles. The molecule has 0 radical (unpaired) electrons. The first-order valence-corrected chi connectivity index (χ1v) is 9.14. The summed E-state index contributed by atoms with van der Waals surface area (Å²) in [7, 11) is 0. The van der Waals surface area contributed by atoms with Crippen molar-refractivity contribution in [2.45, 2.75) is 59.3 Å². The predicted molar refractivity (Wildman–Crippen MR) is 98.4 cm³/mol. The molecule has 2 atom stereocenters. The maximum Gasteiger partial charge on any atom is 0.249 e. The van der Waals surface area contributed by atoms with Gasteiger partial charge in [-0.15, -0.1) is 0 Å². The summed E-state index contributed by atoms with van der Waals surface area (Å²) in [6, 6.07) is 10.3. The fraction of sp³-hybridized carbons (Fsp3) is 0.524. The van der Waals surface area contributed by atoms with E-state index in [1.165, 1.54) is 11.3 Å². The number of hydrogen-bond donors (Lipinski definition) is 0. The Morgan fingerprint density at radius 2 is 1.79 bits per heavy atom. The molecule has 0 aliphatic heterocycles. The number of aromatic nitrogens is 2. The molecular weight excluding hydrogens is 296 g/mol. The van der Waals surface area contributed by atoms with Crippen molar-refractivity contribution in [3.05, 3.63) is 41.6 Å². The minimum atomic E-state index is -0.0531. The monoisotopic (exact) mass is 324 g/mol. The summed E-state index contributed by atoms with van der Waals surface area (Å²) >= 11 is 0. The first-order valence-electron chi connectivity index (χ1n) is 9.14. The molecule has 3 rings (SSSR count). The highest BCUT2D eigenvalue weighted by molar-refractivity contribution is 5.83. The summed E-state index contributed by atoms with van der Waals surface area (Å²) in [6.07, 6.45) is 2.30. The second-order valence-corrected chi connectivity index (χ2v) is 7.75. The number of benzene rings is 1. The summed E-state index contributed by atoms with van der Waals surface area (Å²) in [5.74, 6) is 1.41. The van der Waals surface area contributed by atoms with Crippen molar-refractivity contribution in [2.75, 3.05) is 0 Å². The lowest BCUT2D eigenvalue weighted by Crippen LogP contribution is -2.26. The number of fused-ring (bicyclic) bond motifs is 1. The van der Waals surface area contributed by atoms with Crippen molar-refractivity contribution in [3.63, 3.8) is 0 Å². The molecule has 24 heavy (non-hydrogen) atoms. The highest BCUT2D eigenvalue weighted by atomic mass is 16.2. The van der Waals surface area contributed by atoms with Gasteiger partial charge >= 0.3 is 0 Å². The van der Waals surface area contributed by atoms with Gasteiger partial charge in [0.25, 0.3) is 0 Å². The third kappa shape index (κ3) is 2.81. The highest BCUT2D eigenvalue weighted by Gasteiger charge is 2.36. The van der Waals surface area contributed by atoms with Gasteiger partial charge in [-0.25, -0.2) is 4.68 Å². The van der Waals surface area contributed by atoms with Crippen LogP contribution >= 0.6 is 0 Å². The molecule has 128 valence electrons. The number of carbonyl (C=O) groups excluding carboxylic acids is 1. The van der Waals surface area contributed by atoms with Gasteiger partial charge in [0.2, 0.25) is 5.91 Å². The van der Waals surface area contributed by atoms with Crippen LogP contribution in [0.5, 0.6) is 0 Å². The summed E-state index contributed by atoms with van der Waals surface area (Å²) in [5.41, 5.74) is 4.57. The average Bonchev–Trinajstić information content (AvgIpc) is 2.96. The van der Waals surface area contributed by atoms with Crippen LogP contribution < -0.4 is 0 Å². The molecule has 2 aromatic rings. The lowest BCUT2D eigenvalue weighted by molar-refractivity contribution is 0.0830. The number of rotatable bonds is 3. The fourth-order valence-corrected chi connectivity index (χ4v) is 3.87. The lowest BCUT2D eigenvalue weighted by Gasteiger charge is -2.31. The summed E-state index contributed by atoms with van der Waals surface area (Å²) < 4.78 is 1.74. The molecule has 3 nitrogen and oxygen atoms in total. The number of hydrogen-bond acceptors (Lipinski definition) is 2. The topological polar surface area (TPSA) is 34.9 Å². The van der Waals surface area contributed by atoms with Crippen LogP contribution in [-0.2, 0) is 0 Å². The zero-order valence-electron chi connectivity index (χ0n) is 15.4. The van der Waals surface area contributed by atoms with E-state index in [1.807, 2.05) is 32.0 Å². The molecule has 3 heteroatoms. The fourth-order valence-electron chi connectivity index (χ4n) is 3.87. The lowest BCUT2D eigenvalue weighted by atomic mass is 9.75. The van der Waals surface area contributed by atoms with Gasteiger partial charge in [0.1, 0.15) is 0 Å². The quantitative estimate of drug-likeness (QED) is 0.749. The average molecular weight is 324 g/mol. The van der Waals surface area contributed by atoms with Crippen LogP contribution in [0.15, 0.2) is 30.3 Å². The molecule has 0 spiro atoms. The van der Waals surface area contributed by atoms with Crippen LogP contribution in [-0.4, -0.2) is 15.7 Å². The standard InChI is InChI=1S/C21H28N2O/c1-13(2)17-12-11-15(5)18-19(16-9-7-6-8-10-16)22-23(20(17)18)21(24)14(3)4/h6-10,13-15,17H,11-12H2,1-5H3/t15-,17+/m1/s1. The van der Waals surface area contributed by atoms with Crippen LogP contribution in [0, 0.1) is 11.8 Å². The largest absolute Gasteiger partial charge is 0.272 e. The smallest absolute Gasteiger partial charge is 0.249 e. The Kier molecular flexibility index (Phi) is 4.62. The molecule has 0 saturated carbocycles. The molecule has 0 N–H and O–H groups in total. The Balaban J connectivity index is 2.26. The van der Waals surface area contributed by atoms with Crippen LogP contribution in [0.4, 0.5) is 0 Å². The SMILES string of the molecule is CC(C)C(=O)n1nc(-c2ccccc2)c2c1[C@H](C(C)C)CC[C@H]2C. The van der Waals surface area contributed by atoms with Crippen molar-refractivity contribution in [1.29, 1.82) is 0 Å². The maximum atomic E-state index is 12.8. The molecule has 0 bridgehead atoms. The highest BCUT2D eigenvalue weighted by Crippen LogP contribution is 2.46. The zero-order chi connectivity index (χ0) is 17.4. The summed E-state index contributed by atoms with van der Waals surface area (Å²) in [6.45, 7) is 10.7. The van der Waals surface area contributed by atoms with Crippen LogP contribution in [0.3, 0.4) is 0 Å². The second-order valence-electron chi connectivity index (χ2n) is 7.75. The molecule has 1 aliphatic rings. The summed E-state index contributed by atoms with van der Waals surface area (Å²) in [4.78, 5) is 12.8. The van der Waals surface area contributed by atoms with Gasteiger partial charge in [0, 0.05) is 23.0 Å². The van der Waals surface area contributed by atoms with Crippen LogP contribution in [0.1, 0.15) is 75.3 Å². The normalized spacial score (nSPS) is 20.5. The van der Waals surface area contributed by atoms with Gasteiger partial charge in [0.15, 0.2) is 0 Å². The maximum absolute atomic E-state index is 12.8. The van der Waals surface area contributed by atoms with E-state index in [9.17, 15) is 4.79 Å². The molecular formula is C21H28N2O. The van der Waals surface area contributed by atoms with Crippen molar-refractivity contribution >= 4 is 5.91 Å². The Hall–Kier alpha value is -1.90. The van der Waals surface area contributed by atoms with Crippen molar-refractivity contribution in [1.82, 2.24) is 9.78 Å². The molecule has 0 fully saturated rings. The van der Waals surface area contributed by atoms with Gasteiger partial charge in [-0.3, -0.25) is 4.79 Å².